The molecule has 3 aliphatic rings. The van der Waals surface area contributed by atoms with E-state index < -0.39 is 41.0 Å². The molecule has 0 aromatic heterocycles. The largest absolute Gasteiger partial charge is 0.427 e. The van der Waals surface area contributed by atoms with Gasteiger partial charge in [-0.3, -0.25) is 14.6 Å². The standard InChI is InChI=1S/C21H33N3O5S/c1-20(2,3)19(27)29-13-28-18(26)15-21(4,5)30-17-14(16(25)24(15)17)22-12-23-10-8-6-7-9-11-23/h12,14-15,17H,6-11,13H2,1-5H3/t14-,15+,17-/m0/s1. The zero-order valence-corrected chi connectivity index (χ0v) is 19.4. The summed E-state index contributed by atoms with van der Waals surface area (Å²) in [6.07, 6.45) is 6.59. The molecule has 0 N–H and O–H groups in total. The number of thioether (sulfide) groups is 1. The first kappa shape index (κ1) is 22.9. The number of esters is 2. The highest BCUT2D eigenvalue weighted by molar-refractivity contribution is 8.01. The van der Waals surface area contributed by atoms with Crippen molar-refractivity contribution in [1.29, 1.82) is 0 Å². The van der Waals surface area contributed by atoms with E-state index in [-0.39, 0.29) is 11.3 Å². The van der Waals surface area contributed by atoms with Gasteiger partial charge in [-0.15, -0.1) is 11.8 Å². The second-order valence-electron chi connectivity index (χ2n) is 9.68. The van der Waals surface area contributed by atoms with Gasteiger partial charge in [-0.25, -0.2) is 4.79 Å². The third kappa shape index (κ3) is 4.76. The van der Waals surface area contributed by atoms with Crippen LogP contribution in [0.15, 0.2) is 4.99 Å². The van der Waals surface area contributed by atoms with Gasteiger partial charge in [0, 0.05) is 17.8 Å². The Kier molecular flexibility index (Phi) is 6.69. The minimum absolute atomic E-state index is 0.155. The Bertz CT molecular complexity index is 710. The van der Waals surface area contributed by atoms with Crippen molar-refractivity contribution >= 4 is 35.9 Å². The number of fused-ring (bicyclic) bond motifs is 1. The van der Waals surface area contributed by atoms with Crippen LogP contribution in [0.25, 0.3) is 0 Å². The maximum atomic E-state index is 12.8. The van der Waals surface area contributed by atoms with Crippen molar-refractivity contribution in [2.24, 2.45) is 10.4 Å². The summed E-state index contributed by atoms with van der Waals surface area (Å²) in [4.78, 5) is 45.7. The minimum atomic E-state index is -0.724. The molecule has 9 heteroatoms. The topological polar surface area (TPSA) is 88.5 Å². The zero-order valence-electron chi connectivity index (χ0n) is 18.6. The van der Waals surface area contributed by atoms with E-state index in [2.05, 4.69) is 9.89 Å². The number of hydrogen-bond acceptors (Lipinski definition) is 7. The Hall–Kier alpha value is -1.77. The highest BCUT2D eigenvalue weighted by Gasteiger charge is 2.64. The fourth-order valence-electron chi connectivity index (χ4n) is 3.92. The van der Waals surface area contributed by atoms with Gasteiger partial charge in [0.05, 0.1) is 11.8 Å². The fourth-order valence-corrected chi connectivity index (χ4v) is 5.54. The molecule has 30 heavy (non-hydrogen) atoms. The van der Waals surface area contributed by atoms with Gasteiger partial charge in [0.15, 0.2) is 6.04 Å². The second-order valence-corrected chi connectivity index (χ2v) is 11.5. The summed E-state index contributed by atoms with van der Waals surface area (Å²) >= 11 is 1.56. The third-order valence-electron chi connectivity index (χ3n) is 5.67. The van der Waals surface area contributed by atoms with E-state index >= 15 is 0 Å². The summed E-state index contributed by atoms with van der Waals surface area (Å²) in [5, 5.41) is -0.176. The number of carbonyl (C=O) groups excluding carboxylic acids is 3. The van der Waals surface area contributed by atoms with Crippen molar-refractivity contribution in [2.75, 3.05) is 19.9 Å². The van der Waals surface area contributed by atoms with Crippen LogP contribution in [-0.2, 0) is 23.9 Å². The molecule has 0 aromatic rings. The van der Waals surface area contributed by atoms with E-state index in [9.17, 15) is 14.4 Å². The molecule has 3 rings (SSSR count). The molecule has 0 aliphatic carbocycles. The molecule has 0 bridgehead atoms. The number of ether oxygens (including phenoxy) is 2. The van der Waals surface area contributed by atoms with E-state index in [0.29, 0.717) is 0 Å². The molecule has 3 atom stereocenters. The van der Waals surface area contributed by atoms with Gasteiger partial charge in [-0.05, 0) is 47.5 Å². The molecule has 3 heterocycles. The van der Waals surface area contributed by atoms with Crippen LogP contribution in [-0.4, -0.2) is 76.1 Å². The van der Waals surface area contributed by atoms with Gasteiger partial charge in [0.2, 0.25) is 6.79 Å². The van der Waals surface area contributed by atoms with E-state index in [4.69, 9.17) is 9.47 Å². The lowest BCUT2D eigenvalue weighted by Gasteiger charge is -2.41. The van der Waals surface area contributed by atoms with Crippen LogP contribution in [0, 0.1) is 5.41 Å². The summed E-state index contributed by atoms with van der Waals surface area (Å²) in [5.41, 5.74) is -0.675. The molecule has 3 fully saturated rings. The van der Waals surface area contributed by atoms with E-state index in [1.54, 1.807) is 37.4 Å². The smallest absolute Gasteiger partial charge is 0.333 e. The Balaban J connectivity index is 1.58. The Morgan fingerprint density at radius 3 is 2.40 bits per heavy atom. The quantitative estimate of drug-likeness (QED) is 0.214. The number of carbonyl (C=O) groups is 3. The van der Waals surface area contributed by atoms with Crippen molar-refractivity contribution in [3.05, 3.63) is 0 Å². The average molecular weight is 440 g/mol. The van der Waals surface area contributed by atoms with Gasteiger partial charge in [0.1, 0.15) is 11.4 Å². The van der Waals surface area contributed by atoms with Crippen molar-refractivity contribution in [3.63, 3.8) is 0 Å². The van der Waals surface area contributed by atoms with Gasteiger partial charge in [-0.2, -0.15) is 0 Å². The monoisotopic (exact) mass is 439 g/mol. The molecule has 0 unspecified atom stereocenters. The second kappa shape index (κ2) is 8.77. The number of aliphatic imine (C=N–C) groups is 1. The predicted molar refractivity (Wildman–Crippen MR) is 115 cm³/mol. The number of likely N-dealkylation sites (tertiary alicyclic amines) is 1. The Morgan fingerprint density at radius 2 is 1.80 bits per heavy atom. The molecule has 0 spiro atoms. The molecular formula is C21H33N3O5S. The number of hydrogen-bond donors (Lipinski definition) is 0. The highest BCUT2D eigenvalue weighted by Crippen LogP contribution is 2.51. The zero-order chi connectivity index (χ0) is 22.1. The predicted octanol–water partition coefficient (Wildman–Crippen LogP) is 2.41. The van der Waals surface area contributed by atoms with Crippen LogP contribution >= 0.6 is 11.8 Å². The number of β-lactam (4-membered cyclic amide) rings is 1. The van der Waals surface area contributed by atoms with Crippen molar-refractivity contribution < 1.29 is 23.9 Å². The first-order chi connectivity index (χ1) is 14.0. The number of nitrogens with zero attached hydrogens (tertiary/aromatic N) is 3. The van der Waals surface area contributed by atoms with Crippen LogP contribution < -0.4 is 0 Å². The molecule has 8 nitrogen and oxygen atoms in total. The maximum absolute atomic E-state index is 12.8. The first-order valence-electron chi connectivity index (χ1n) is 10.6. The molecule has 0 aromatic carbocycles. The molecule has 1 amide bonds. The van der Waals surface area contributed by atoms with Gasteiger partial charge >= 0.3 is 11.9 Å². The summed E-state index contributed by atoms with van der Waals surface area (Å²) in [5.74, 6) is -1.16. The SMILES string of the molecule is CC(C)(C)C(=O)OCOC(=O)[C@H]1N2C(=O)[C@H](N=CN3CCCCCC3)[C@@H]2SC1(C)C. The van der Waals surface area contributed by atoms with Gasteiger partial charge < -0.3 is 19.3 Å². The molecule has 0 radical (unpaired) electrons. The lowest BCUT2D eigenvalue weighted by molar-refractivity contribution is -0.179. The fraction of sp³-hybridized carbons (Fsp3) is 0.810. The number of amides is 1. The Labute approximate surface area is 182 Å². The molecular weight excluding hydrogens is 406 g/mol. The van der Waals surface area contributed by atoms with Crippen molar-refractivity contribution in [3.8, 4) is 0 Å². The lowest BCUT2D eigenvalue weighted by Crippen LogP contribution is -2.65. The van der Waals surface area contributed by atoms with Crippen LogP contribution in [0.3, 0.4) is 0 Å². The summed E-state index contributed by atoms with van der Waals surface area (Å²) in [7, 11) is 0. The molecule has 3 saturated heterocycles. The van der Waals surface area contributed by atoms with E-state index in [1.165, 1.54) is 12.8 Å². The van der Waals surface area contributed by atoms with Crippen molar-refractivity contribution in [1.82, 2.24) is 9.80 Å². The Morgan fingerprint density at radius 1 is 1.17 bits per heavy atom. The third-order valence-corrected chi connectivity index (χ3v) is 7.23. The maximum Gasteiger partial charge on any atom is 0.333 e. The normalized spacial score (nSPS) is 28.7. The van der Waals surface area contributed by atoms with Crippen LogP contribution in [0.4, 0.5) is 0 Å². The van der Waals surface area contributed by atoms with Crippen molar-refractivity contribution in [2.45, 2.75) is 82.5 Å². The molecule has 168 valence electrons. The first-order valence-corrected chi connectivity index (χ1v) is 11.5. The summed E-state index contributed by atoms with van der Waals surface area (Å²) in [6.45, 7) is 10.5. The number of rotatable bonds is 5. The van der Waals surface area contributed by atoms with Crippen LogP contribution in [0.2, 0.25) is 0 Å². The highest BCUT2D eigenvalue weighted by atomic mass is 32.2. The molecule has 0 saturated carbocycles. The van der Waals surface area contributed by atoms with E-state index in [0.717, 1.165) is 25.9 Å². The van der Waals surface area contributed by atoms with Crippen LogP contribution in [0.1, 0.15) is 60.3 Å². The van der Waals surface area contributed by atoms with Crippen LogP contribution in [0.5, 0.6) is 0 Å². The van der Waals surface area contributed by atoms with E-state index in [1.807, 2.05) is 20.2 Å². The van der Waals surface area contributed by atoms with Gasteiger partial charge in [0.25, 0.3) is 5.91 Å². The van der Waals surface area contributed by atoms with Gasteiger partial charge in [-0.1, -0.05) is 12.8 Å². The average Bonchev–Trinajstić information content (AvgIpc) is 2.80. The summed E-state index contributed by atoms with van der Waals surface area (Å²) < 4.78 is 9.71. The lowest BCUT2D eigenvalue weighted by atomic mass is 9.96. The molecule has 3 aliphatic heterocycles. The summed E-state index contributed by atoms with van der Waals surface area (Å²) in [6, 6.07) is -1.19. The minimum Gasteiger partial charge on any atom is -0.427 e.